The zero-order valence-electron chi connectivity index (χ0n) is 25.1. The van der Waals surface area contributed by atoms with Crippen LogP contribution in [0.5, 0.6) is 0 Å². The number of nitrogens with one attached hydrogen (secondary N) is 2. The maximum Gasteiger partial charge on any atom is 0.471 e. The maximum atomic E-state index is 14.3. The van der Waals surface area contributed by atoms with Crippen LogP contribution in [0.2, 0.25) is 5.02 Å². The monoisotopic (exact) mass is 730 g/mol. The standard InChI is InChI=1S/C31H28ClF5N4O5S2/c1-2-7-25-23(28(39-48(45,46)31(36,37)30(33,34)35)41(38-25)26-10-5-4-9-24(26)32)18-19-12-14-20(15-13-19)22-8-3-6-11-27(22)47(43,44)40-29(42)21-16-17-21/h3-6,8-15,21,39H,2,7,16-18H2,1H3,(H,40,42). The highest BCUT2D eigenvalue weighted by Gasteiger charge is 2.68. The smallest absolute Gasteiger partial charge is 0.274 e. The predicted octanol–water partition coefficient (Wildman–Crippen LogP) is 6.85. The van der Waals surface area contributed by atoms with Gasteiger partial charge in [0.25, 0.3) is 10.0 Å². The van der Waals surface area contributed by atoms with E-state index in [1.165, 1.54) is 41.1 Å². The van der Waals surface area contributed by atoms with Crippen molar-refractivity contribution in [3.05, 3.63) is 94.6 Å². The molecule has 0 aliphatic heterocycles. The van der Waals surface area contributed by atoms with Gasteiger partial charge in [0.2, 0.25) is 5.91 Å². The van der Waals surface area contributed by atoms with E-state index in [1.54, 1.807) is 43.3 Å². The Balaban J connectivity index is 1.56. The van der Waals surface area contributed by atoms with Crippen molar-refractivity contribution in [2.75, 3.05) is 4.72 Å². The first kappa shape index (κ1) is 35.3. The van der Waals surface area contributed by atoms with Gasteiger partial charge in [0, 0.05) is 23.5 Å². The van der Waals surface area contributed by atoms with Crippen LogP contribution in [0.3, 0.4) is 0 Å². The normalized spacial score (nSPS) is 14.1. The van der Waals surface area contributed by atoms with Crippen LogP contribution < -0.4 is 9.44 Å². The van der Waals surface area contributed by atoms with E-state index in [-0.39, 0.29) is 51.2 Å². The highest BCUT2D eigenvalue weighted by molar-refractivity contribution is 7.93. The lowest BCUT2D eigenvalue weighted by Crippen LogP contribution is -2.47. The topological polar surface area (TPSA) is 127 Å². The molecule has 48 heavy (non-hydrogen) atoms. The fourth-order valence-corrected chi connectivity index (χ4v) is 7.31. The van der Waals surface area contributed by atoms with Crippen LogP contribution in [0.4, 0.5) is 27.8 Å². The Bertz CT molecular complexity index is 2070. The number of anilines is 1. The van der Waals surface area contributed by atoms with Crippen molar-refractivity contribution in [1.82, 2.24) is 14.5 Å². The van der Waals surface area contributed by atoms with Crippen molar-refractivity contribution in [1.29, 1.82) is 0 Å². The number of carbonyl (C=O) groups is 1. The summed E-state index contributed by atoms with van der Waals surface area (Å²) in [5.74, 6) is -1.58. The number of alkyl halides is 5. The second-order valence-corrected chi connectivity index (χ2v) is 14.9. The van der Waals surface area contributed by atoms with Crippen LogP contribution in [0.1, 0.15) is 43.0 Å². The van der Waals surface area contributed by atoms with E-state index in [9.17, 15) is 43.6 Å². The summed E-state index contributed by atoms with van der Waals surface area (Å²) in [6.45, 7) is 1.77. The van der Waals surface area contributed by atoms with Crippen LogP contribution in [-0.4, -0.2) is 44.0 Å². The lowest BCUT2D eigenvalue weighted by atomic mass is 9.99. The number of carbonyl (C=O) groups excluding carboxylic acids is 1. The third-order valence-electron chi connectivity index (χ3n) is 7.54. The molecule has 1 saturated carbocycles. The Labute approximate surface area is 278 Å². The molecule has 1 aromatic heterocycles. The van der Waals surface area contributed by atoms with Gasteiger partial charge in [-0.25, -0.2) is 17.8 Å². The zero-order valence-corrected chi connectivity index (χ0v) is 27.4. The molecule has 1 fully saturated rings. The number of amides is 1. The largest absolute Gasteiger partial charge is 0.471 e. The SMILES string of the molecule is CCCc1nn(-c2ccccc2Cl)c(NS(=O)(=O)C(F)(F)C(F)(F)F)c1Cc1ccc(-c2ccccc2S(=O)(=O)NC(=O)C2CC2)cc1. The minimum atomic E-state index is -6.42. The molecule has 5 rings (SSSR count). The van der Waals surface area contributed by atoms with E-state index in [0.717, 1.165) is 4.68 Å². The molecule has 0 bridgehead atoms. The number of para-hydroxylation sites is 1. The first-order valence-corrected chi connectivity index (χ1v) is 17.9. The van der Waals surface area contributed by atoms with Gasteiger partial charge < -0.3 is 0 Å². The van der Waals surface area contributed by atoms with Crippen molar-refractivity contribution in [2.45, 2.75) is 55.4 Å². The molecule has 2 N–H and O–H groups in total. The molecule has 17 heteroatoms. The molecule has 1 amide bonds. The third kappa shape index (κ3) is 7.05. The van der Waals surface area contributed by atoms with Gasteiger partial charge in [0.15, 0.2) is 0 Å². The van der Waals surface area contributed by atoms with Crippen LogP contribution in [0.25, 0.3) is 16.8 Å². The summed E-state index contributed by atoms with van der Waals surface area (Å²) in [6, 6.07) is 18.1. The average molecular weight is 731 g/mol. The predicted molar refractivity (Wildman–Crippen MR) is 169 cm³/mol. The van der Waals surface area contributed by atoms with Crippen LogP contribution >= 0.6 is 11.6 Å². The van der Waals surface area contributed by atoms with Crippen LogP contribution in [0, 0.1) is 5.92 Å². The van der Waals surface area contributed by atoms with E-state index < -0.39 is 43.2 Å². The minimum Gasteiger partial charge on any atom is -0.274 e. The van der Waals surface area contributed by atoms with E-state index in [2.05, 4.69) is 9.82 Å². The van der Waals surface area contributed by atoms with Crippen molar-refractivity contribution in [2.24, 2.45) is 5.92 Å². The van der Waals surface area contributed by atoms with Gasteiger partial charge in [-0.1, -0.05) is 79.5 Å². The second kappa shape index (κ2) is 13.1. The highest BCUT2D eigenvalue weighted by atomic mass is 35.5. The molecule has 4 aromatic rings. The fraction of sp³-hybridized carbons (Fsp3) is 0.290. The summed E-state index contributed by atoms with van der Waals surface area (Å²) in [6.07, 6.45) is -4.72. The summed E-state index contributed by atoms with van der Waals surface area (Å²) >= 11 is 6.30. The molecule has 1 aliphatic rings. The van der Waals surface area contributed by atoms with E-state index in [0.29, 0.717) is 30.4 Å². The Morgan fingerprint density at radius 1 is 0.938 bits per heavy atom. The Morgan fingerprint density at radius 2 is 1.56 bits per heavy atom. The Hall–Kier alpha value is -4.02. The number of aryl methyl sites for hydroxylation is 1. The van der Waals surface area contributed by atoms with Gasteiger partial charge in [0.05, 0.1) is 21.3 Å². The van der Waals surface area contributed by atoms with Gasteiger partial charge in [-0.15, -0.1) is 0 Å². The molecule has 9 nitrogen and oxygen atoms in total. The van der Waals surface area contributed by atoms with Crippen LogP contribution in [0.15, 0.2) is 77.7 Å². The zero-order chi connectivity index (χ0) is 35.1. The molecular weight excluding hydrogens is 703 g/mol. The fourth-order valence-electron chi connectivity index (χ4n) is 4.93. The minimum absolute atomic E-state index is 0.0175. The summed E-state index contributed by atoms with van der Waals surface area (Å²) in [4.78, 5) is 12.1. The molecule has 0 unspecified atom stereocenters. The maximum absolute atomic E-state index is 14.3. The summed E-state index contributed by atoms with van der Waals surface area (Å²) in [5.41, 5.74) is 1.44. The number of hydrogen-bond donors (Lipinski definition) is 2. The number of sulfonamides is 2. The molecule has 3 aromatic carbocycles. The summed E-state index contributed by atoms with van der Waals surface area (Å²) in [5, 5.41) is -1.75. The van der Waals surface area contributed by atoms with E-state index in [1.807, 2.05) is 0 Å². The number of aromatic nitrogens is 2. The lowest BCUT2D eigenvalue weighted by Gasteiger charge is -2.21. The first-order chi connectivity index (χ1) is 22.5. The average Bonchev–Trinajstić information content (AvgIpc) is 3.83. The second-order valence-electron chi connectivity index (χ2n) is 11.1. The highest BCUT2D eigenvalue weighted by Crippen LogP contribution is 2.42. The Kier molecular flexibility index (Phi) is 9.65. The molecule has 256 valence electrons. The summed E-state index contributed by atoms with van der Waals surface area (Å²) in [7, 11) is -10.6. The van der Waals surface area contributed by atoms with Gasteiger partial charge in [-0.2, -0.15) is 35.5 Å². The molecule has 0 saturated heterocycles. The molecular formula is C31H28ClF5N4O5S2. The molecule has 1 aliphatic carbocycles. The van der Waals surface area contributed by atoms with Gasteiger partial charge in [0.1, 0.15) is 5.82 Å². The van der Waals surface area contributed by atoms with Crippen molar-refractivity contribution >= 4 is 43.4 Å². The molecule has 0 radical (unpaired) electrons. The number of benzene rings is 3. The van der Waals surface area contributed by atoms with Crippen molar-refractivity contribution < 1.29 is 43.6 Å². The number of hydrogen-bond acceptors (Lipinski definition) is 6. The molecule has 1 heterocycles. The van der Waals surface area contributed by atoms with Gasteiger partial charge in [-0.3, -0.25) is 9.52 Å². The number of halogens is 6. The molecule has 0 atom stereocenters. The third-order valence-corrected chi connectivity index (χ3v) is 10.6. The number of rotatable bonds is 12. The lowest BCUT2D eigenvalue weighted by molar-refractivity contribution is -0.241. The van der Waals surface area contributed by atoms with Crippen molar-refractivity contribution in [3.63, 3.8) is 0 Å². The quantitative estimate of drug-likeness (QED) is 0.154. The van der Waals surface area contributed by atoms with Gasteiger partial charge >= 0.3 is 21.5 Å². The van der Waals surface area contributed by atoms with E-state index in [4.69, 9.17) is 11.6 Å². The first-order valence-electron chi connectivity index (χ1n) is 14.5. The summed E-state index contributed by atoms with van der Waals surface area (Å²) < 4.78 is 124. The van der Waals surface area contributed by atoms with Crippen molar-refractivity contribution in [3.8, 4) is 16.8 Å². The van der Waals surface area contributed by atoms with E-state index >= 15 is 0 Å². The van der Waals surface area contributed by atoms with Gasteiger partial charge in [-0.05, 0) is 48.6 Å². The molecule has 0 spiro atoms. The van der Waals surface area contributed by atoms with Crippen LogP contribution in [-0.2, 0) is 37.7 Å². The Morgan fingerprint density at radius 3 is 2.17 bits per heavy atom. The number of nitrogens with zero attached hydrogens (tertiary/aromatic N) is 2.